The number of para-hydroxylation sites is 1. The predicted octanol–water partition coefficient (Wildman–Crippen LogP) is -6.07. The molecule has 2 rings (SSSR count). The zero-order valence-corrected chi connectivity index (χ0v) is 54.5. The number of aliphatic hydroxyl groups is 1. The Morgan fingerprint density at radius 3 is 1.57 bits per heavy atom. The molecule has 11 atom stereocenters. The summed E-state index contributed by atoms with van der Waals surface area (Å²) in [7, 11) is 0. The number of aliphatic imine (C=N–C) groups is 1. The van der Waals surface area contributed by atoms with Gasteiger partial charge in [-0.25, -0.2) is 4.79 Å². The van der Waals surface area contributed by atoms with Crippen molar-refractivity contribution in [1.29, 1.82) is 0 Å². The Bertz CT molecular complexity index is 3080. The second kappa shape index (κ2) is 40.2. The van der Waals surface area contributed by atoms with Gasteiger partial charge in [0, 0.05) is 42.9 Å². The average Bonchev–Trinajstić information content (AvgIpc) is 1.74. The zero-order chi connectivity index (χ0) is 72.0. The predicted molar refractivity (Wildman–Crippen MR) is 341 cm³/mol. The fourth-order valence-corrected chi connectivity index (χ4v) is 9.26. The lowest BCUT2D eigenvalue weighted by molar-refractivity contribution is -0.143. The molecule has 0 aliphatic heterocycles. The molecule has 36 heteroatoms. The fourth-order valence-electron chi connectivity index (χ4n) is 9.26. The molecule has 0 unspecified atom stereocenters. The van der Waals surface area contributed by atoms with Gasteiger partial charge in [-0.2, -0.15) is 0 Å². The first-order valence-corrected chi connectivity index (χ1v) is 30.7. The normalized spacial score (nSPS) is 14.6. The number of nitrogens with two attached hydrogens (primary N) is 5. The highest BCUT2D eigenvalue weighted by Crippen LogP contribution is 2.20. The van der Waals surface area contributed by atoms with E-state index in [0.717, 1.165) is 6.92 Å². The van der Waals surface area contributed by atoms with E-state index in [1.54, 1.807) is 58.2 Å². The molecule has 0 radical (unpaired) electrons. The number of H-pyrrole nitrogens is 1. The number of hydrogen-bond acceptors (Lipinski definition) is 18. The lowest BCUT2D eigenvalue weighted by Crippen LogP contribution is -2.60. The van der Waals surface area contributed by atoms with Gasteiger partial charge < -0.3 is 107 Å². The van der Waals surface area contributed by atoms with Crippen LogP contribution in [0, 0.1) is 17.8 Å². The number of aliphatic carboxylic acids is 2. The standard InChI is InChI=1S/C59H94N18O18/c1-27(2)20-38(54(90)71-37(16-18-43(62)80)53(89)75-41(58(94)95)21-28(3)4)72-55(91)39(22-32-24-66-35-13-10-9-12-33(32)35)73-52(88)36(14-11-19-65-59(63)64)70-44(81)25-68-51(87)40(23-46(83)84)74-56(92)47(29(5)6)77-49(85)30(7)69-57(93)48(31(8)78)76-45(82)26-67-50(86)34(60)15-17-42(61)79/h9-10,12-13,24,27-31,34,36-41,47-48,66,78H,11,14-23,25-26,60H2,1-8H3,(H2,61,79)(H2,62,80)(H,67,86)(H,68,87)(H,69,93)(H,70,81)(H,71,90)(H,72,91)(H,73,88)(H,74,92)(H,75,89)(H,76,82)(H,77,85)(H,83,84)(H,94,95)(H4,63,64,65)/t30-,31+,34-,36-,37-,38-,39-,40-,41-,47-,48-/m0/s1. The smallest absolute Gasteiger partial charge is 0.326 e. The van der Waals surface area contributed by atoms with Gasteiger partial charge in [-0.15, -0.1) is 0 Å². The molecule has 0 aliphatic carbocycles. The third-order valence-electron chi connectivity index (χ3n) is 14.3. The van der Waals surface area contributed by atoms with Crippen LogP contribution in [0.15, 0.2) is 35.5 Å². The molecule has 1 aromatic heterocycles. The summed E-state index contributed by atoms with van der Waals surface area (Å²) in [6.07, 6.45) is -2.53. The maximum absolute atomic E-state index is 14.7. The number of carboxylic acids is 2. The lowest BCUT2D eigenvalue weighted by Gasteiger charge is -2.28. The quantitative estimate of drug-likeness (QED) is 0.0167. The van der Waals surface area contributed by atoms with Crippen LogP contribution in [0.5, 0.6) is 0 Å². The lowest BCUT2D eigenvalue weighted by atomic mass is 9.99. The van der Waals surface area contributed by atoms with Gasteiger partial charge in [-0.3, -0.25) is 72.1 Å². The highest BCUT2D eigenvalue weighted by atomic mass is 16.4. The van der Waals surface area contributed by atoms with Gasteiger partial charge in [-0.05, 0) is 81.8 Å². The van der Waals surface area contributed by atoms with Crippen LogP contribution in [0.1, 0.15) is 119 Å². The van der Waals surface area contributed by atoms with Crippen molar-refractivity contribution in [3.05, 3.63) is 36.0 Å². The molecule has 25 N–H and O–H groups in total. The van der Waals surface area contributed by atoms with Gasteiger partial charge in [0.2, 0.25) is 76.8 Å². The number of nitrogens with zero attached hydrogens (tertiary/aromatic N) is 1. The minimum Gasteiger partial charge on any atom is -0.481 e. The molecule has 0 spiro atoms. The first-order chi connectivity index (χ1) is 44.4. The van der Waals surface area contributed by atoms with Crippen molar-refractivity contribution in [3.8, 4) is 0 Å². The molecule has 1 heterocycles. The molecule has 528 valence electrons. The van der Waals surface area contributed by atoms with Gasteiger partial charge in [0.1, 0.15) is 54.4 Å². The van der Waals surface area contributed by atoms with Crippen molar-refractivity contribution >= 4 is 106 Å². The number of aromatic amines is 1. The van der Waals surface area contributed by atoms with E-state index in [-0.39, 0.29) is 75.7 Å². The number of rotatable bonds is 43. The molecule has 0 saturated heterocycles. The summed E-state index contributed by atoms with van der Waals surface area (Å²) in [5, 5.41) is 56.8. The van der Waals surface area contributed by atoms with Crippen LogP contribution in [0.2, 0.25) is 0 Å². The van der Waals surface area contributed by atoms with Crippen molar-refractivity contribution in [2.24, 2.45) is 51.4 Å². The van der Waals surface area contributed by atoms with Crippen LogP contribution in [-0.2, 0) is 78.3 Å². The van der Waals surface area contributed by atoms with E-state index >= 15 is 0 Å². The number of hydrogen-bond donors (Lipinski definition) is 20. The van der Waals surface area contributed by atoms with E-state index < -0.39 is 187 Å². The number of carbonyl (C=O) groups excluding carboxylic acids is 13. The summed E-state index contributed by atoms with van der Waals surface area (Å²) in [6.45, 7) is 10.5. The Hall–Kier alpha value is -10.00. The van der Waals surface area contributed by atoms with E-state index in [9.17, 15) is 87.2 Å². The van der Waals surface area contributed by atoms with Crippen molar-refractivity contribution in [3.63, 3.8) is 0 Å². The number of nitrogens with one attached hydrogen (secondary N) is 12. The number of aromatic nitrogens is 1. The molecule has 0 saturated carbocycles. The third kappa shape index (κ3) is 30.1. The zero-order valence-electron chi connectivity index (χ0n) is 54.5. The van der Waals surface area contributed by atoms with Crippen molar-refractivity contribution in [2.75, 3.05) is 19.6 Å². The fraction of sp³-hybridized carbons (Fsp3) is 0.593. The molecule has 13 amide bonds. The second-order valence-electron chi connectivity index (χ2n) is 23.9. The van der Waals surface area contributed by atoms with Gasteiger partial charge in [0.05, 0.1) is 31.7 Å². The van der Waals surface area contributed by atoms with Gasteiger partial charge in [0.15, 0.2) is 5.96 Å². The monoisotopic (exact) mass is 1340 g/mol. The number of aliphatic hydroxyl groups excluding tert-OH is 1. The number of carbonyl (C=O) groups is 15. The van der Waals surface area contributed by atoms with Crippen LogP contribution < -0.4 is 87.2 Å². The molecule has 1 aromatic carbocycles. The molecular formula is C59H94N18O18. The number of fused-ring (bicyclic) bond motifs is 1. The maximum Gasteiger partial charge on any atom is 0.326 e. The Morgan fingerprint density at radius 1 is 0.516 bits per heavy atom. The van der Waals surface area contributed by atoms with Crippen LogP contribution in [0.25, 0.3) is 10.9 Å². The first-order valence-electron chi connectivity index (χ1n) is 30.7. The number of primary amides is 2. The largest absolute Gasteiger partial charge is 0.481 e. The number of carboxylic acid groups (broad SMARTS) is 2. The summed E-state index contributed by atoms with van der Waals surface area (Å²) in [6, 6.07) is -8.14. The molecular weight excluding hydrogens is 1250 g/mol. The van der Waals surface area contributed by atoms with Gasteiger partial charge in [-0.1, -0.05) is 59.7 Å². The Balaban J connectivity index is 2.39. The van der Waals surface area contributed by atoms with Crippen molar-refractivity contribution in [2.45, 2.75) is 186 Å². The van der Waals surface area contributed by atoms with Crippen molar-refractivity contribution < 1.29 is 87.2 Å². The number of benzene rings is 1. The minimum absolute atomic E-state index is 0.0260. The maximum atomic E-state index is 14.7. The summed E-state index contributed by atoms with van der Waals surface area (Å²) >= 11 is 0. The van der Waals surface area contributed by atoms with E-state index in [2.05, 4.69) is 68.5 Å². The second-order valence-corrected chi connectivity index (χ2v) is 23.9. The van der Waals surface area contributed by atoms with E-state index in [0.29, 0.717) is 16.5 Å². The molecule has 36 nitrogen and oxygen atoms in total. The van der Waals surface area contributed by atoms with Crippen LogP contribution in [0.3, 0.4) is 0 Å². The number of amides is 13. The Labute approximate surface area is 547 Å². The molecule has 0 fully saturated rings. The van der Waals surface area contributed by atoms with Crippen LogP contribution in [0.4, 0.5) is 0 Å². The molecule has 0 aliphatic rings. The van der Waals surface area contributed by atoms with E-state index in [1.807, 2.05) is 0 Å². The third-order valence-corrected chi connectivity index (χ3v) is 14.3. The number of guanidine groups is 1. The SMILES string of the molecule is CC(C)C[C@H](NC(=O)[C@H](CCC(N)=O)NC(=O)[C@H](CC(C)C)NC(=O)[C@H](Cc1c[nH]c2ccccc12)NC(=O)[C@H](CCCN=C(N)N)NC(=O)CNC(=O)[C@H](CC(=O)O)NC(=O)[C@@H](NC(=O)[C@H](C)NC(=O)[C@@H](NC(=O)CNC(=O)[C@@H](N)CCC(N)=O)[C@@H](C)O)C(C)C)C(=O)O. The summed E-state index contributed by atoms with van der Waals surface area (Å²) in [4.78, 5) is 204. The van der Waals surface area contributed by atoms with Crippen LogP contribution >= 0.6 is 0 Å². The van der Waals surface area contributed by atoms with Gasteiger partial charge >= 0.3 is 11.9 Å². The van der Waals surface area contributed by atoms with Crippen LogP contribution in [-0.4, -0.2) is 201 Å². The topological polar surface area (TPSA) is 607 Å². The Kier molecular flexibility index (Phi) is 34.3. The van der Waals surface area contributed by atoms with Gasteiger partial charge in [0.25, 0.3) is 0 Å². The Morgan fingerprint density at radius 2 is 1.01 bits per heavy atom. The minimum atomic E-state index is -1.91. The van der Waals surface area contributed by atoms with Crippen molar-refractivity contribution in [1.82, 2.24) is 63.5 Å². The summed E-state index contributed by atoms with van der Waals surface area (Å²) < 4.78 is 0. The highest BCUT2D eigenvalue weighted by molar-refractivity contribution is 6.00. The average molecular weight is 1340 g/mol. The molecule has 95 heavy (non-hydrogen) atoms. The first kappa shape index (κ1) is 81.1. The van der Waals surface area contributed by atoms with E-state index in [4.69, 9.17) is 28.7 Å². The molecule has 0 bridgehead atoms. The van der Waals surface area contributed by atoms with E-state index in [1.165, 1.54) is 20.8 Å². The molecule has 2 aromatic rings. The summed E-state index contributed by atoms with van der Waals surface area (Å²) in [5.74, 6) is -17.0. The summed E-state index contributed by atoms with van der Waals surface area (Å²) in [5.41, 5.74) is 28.4. The highest BCUT2D eigenvalue weighted by Gasteiger charge is 2.36.